The van der Waals surface area contributed by atoms with Crippen LogP contribution in [0, 0.1) is 19.6 Å². The van der Waals surface area contributed by atoms with Crippen molar-refractivity contribution in [3.8, 4) is 0 Å². The van der Waals surface area contributed by atoms with Crippen molar-refractivity contribution in [2.24, 2.45) is 5.92 Å². The van der Waals surface area contributed by atoms with Crippen LogP contribution in [0.5, 0.6) is 0 Å². The van der Waals surface area contributed by atoms with Crippen molar-refractivity contribution in [1.29, 1.82) is 0 Å². The van der Waals surface area contributed by atoms with Crippen LogP contribution in [-0.4, -0.2) is 25.2 Å². The molecule has 0 bridgehead atoms. The second-order valence-corrected chi connectivity index (χ2v) is 5.02. The van der Waals surface area contributed by atoms with Gasteiger partial charge >= 0.3 is 0 Å². The summed E-state index contributed by atoms with van der Waals surface area (Å²) in [7, 11) is 1.67. The number of benzene rings is 1. The third-order valence-electron chi connectivity index (χ3n) is 2.26. The number of anilines is 1. The molecular weight excluding hydrogens is 335 g/mol. The first-order valence-corrected chi connectivity index (χ1v) is 6.29. The number of nitrogens with one attached hydrogen (secondary N) is 1. The lowest BCUT2D eigenvalue weighted by Gasteiger charge is -2.13. The van der Waals surface area contributed by atoms with E-state index in [0.29, 0.717) is 12.5 Å². The second kappa shape index (κ2) is 6.75. The van der Waals surface area contributed by atoms with Crippen LogP contribution < -0.4 is 5.32 Å². The van der Waals surface area contributed by atoms with Crippen molar-refractivity contribution in [1.82, 2.24) is 0 Å². The Morgan fingerprint density at radius 2 is 2.29 bits per heavy atom. The van der Waals surface area contributed by atoms with Gasteiger partial charge in [-0.3, -0.25) is 10.1 Å². The first kappa shape index (κ1) is 14.2. The third kappa shape index (κ3) is 4.47. The Bertz CT molecular complexity index is 398. The Morgan fingerprint density at radius 3 is 2.82 bits per heavy atom. The van der Waals surface area contributed by atoms with Crippen LogP contribution in [0.15, 0.2) is 18.2 Å². The molecule has 0 heterocycles. The second-order valence-electron chi connectivity index (χ2n) is 3.86. The monoisotopic (exact) mass is 350 g/mol. The molecule has 5 nitrogen and oxygen atoms in total. The van der Waals surface area contributed by atoms with Crippen LogP contribution in [0.2, 0.25) is 0 Å². The van der Waals surface area contributed by atoms with Crippen LogP contribution in [-0.2, 0) is 4.74 Å². The number of hydrogen-bond donors (Lipinski definition) is 1. The molecule has 1 atom stereocenters. The average molecular weight is 350 g/mol. The molecule has 0 aromatic heterocycles. The molecule has 0 radical (unpaired) electrons. The minimum atomic E-state index is -0.389. The highest BCUT2D eigenvalue weighted by Crippen LogP contribution is 2.23. The lowest BCUT2D eigenvalue weighted by molar-refractivity contribution is -0.384. The maximum Gasteiger partial charge on any atom is 0.270 e. The maximum atomic E-state index is 10.6. The van der Waals surface area contributed by atoms with Gasteiger partial charge in [0.2, 0.25) is 0 Å². The van der Waals surface area contributed by atoms with Crippen molar-refractivity contribution in [2.75, 3.05) is 25.6 Å². The van der Waals surface area contributed by atoms with Crippen LogP contribution >= 0.6 is 22.6 Å². The van der Waals surface area contributed by atoms with E-state index in [2.05, 4.69) is 34.8 Å². The number of nitro benzene ring substituents is 1. The highest BCUT2D eigenvalue weighted by Gasteiger charge is 2.09. The number of ether oxygens (including phenoxy) is 1. The lowest BCUT2D eigenvalue weighted by atomic mass is 10.2. The molecule has 0 aliphatic heterocycles. The topological polar surface area (TPSA) is 64.4 Å². The zero-order valence-corrected chi connectivity index (χ0v) is 11.9. The van der Waals surface area contributed by atoms with Gasteiger partial charge in [0.15, 0.2) is 0 Å². The molecule has 1 aromatic rings. The molecule has 0 saturated carbocycles. The minimum Gasteiger partial charge on any atom is -0.384 e. The summed E-state index contributed by atoms with van der Waals surface area (Å²) in [6, 6.07) is 4.80. The summed E-state index contributed by atoms with van der Waals surface area (Å²) < 4.78 is 5.89. The molecule has 6 heteroatoms. The molecular formula is C11H15IN2O3. The highest BCUT2D eigenvalue weighted by atomic mass is 127. The third-order valence-corrected chi connectivity index (χ3v) is 3.15. The van der Waals surface area contributed by atoms with Gasteiger partial charge in [0.25, 0.3) is 5.69 Å². The summed E-state index contributed by atoms with van der Waals surface area (Å²) in [5.74, 6) is 0.394. The van der Waals surface area contributed by atoms with Gasteiger partial charge in [-0.2, -0.15) is 0 Å². The number of hydrogen-bond acceptors (Lipinski definition) is 4. The molecule has 0 fully saturated rings. The van der Waals surface area contributed by atoms with E-state index in [1.54, 1.807) is 19.2 Å². The van der Waals surface area contributed by atoms with Crippen molar-refractivity contribution in [2.45, 2.75) is 6.92 Å². The van der Waals surface area contributed by atoms with Crippen molar-refractivity contribution in [3.63, 3.8) is 0 Å². The van der Waals surface area contributed by atoms with Crippen LogP contribution in [0.1, 0.15) is 6.92 Å². The largest absolute Gasteiger partial charge is 0.384 e. The maximum absolute atomic E-state index is 10.6. The fourth-order valence-electron chi connectivity index (χ4n) is 1.39. The van der Waals surface area contributed by atoms with Crippen molar-refractivity contribution >= 4 is 34.0 Å². The van der Waals surface area contributed by atoms with Crippen molar-refractivity contribution in [3.05, 3.63) is 31.9 Å². The molecule has 0 aliphatic carbocycles. The van der Waals surface area contributed by atoms with Gasteiger partial charge in [-0.25, -0.2) is 0 Å². The van der Waals surface area contributed by atoms with Gasteiger partial charge in [0.1, 0.15) is 0 Å². The highest BCUT2D eigenvalue weighted by molar-refractivity contribution is 14.1. The van der Waals surface area contributed by atoms with Gasteiger partial charge in [0, 0.05) is 35.0 Å². The first-order valence-electron chi connectivity index (χ1n) is 5.21. The van der Waals surface area contributed by atoms with Crippen LogP contribution in [0.4, 0.5) is 11.4 Å². The Balaban J connectivity index is 2.63. The quantitative estimate of drug-likeness (QED) is 0.487. The lowest BCUT2D eigenvalue weighted by Crippen LogP contribution is -2.16. The van der Waals surface area contributed by atoms with Gasteiger partial charge in [-0.05, 0) is 34.6 Å². The molecule has 1 N–H and O–H groups in total. The van der Waals surface area contributed by atoms with Gasteiger partial charge in [-0.15, -0.1) is 0 Å². The molecule has 94 valence electrons. The number of non-ortho nitro benzene ring substituents is 1. The average Bonchev–Trinajstić information content (AvgIpc) is 2.27. The fourth-order valence-corrected chi connectivity index (χ4v) is 2.08. The number of nitro groups is 1. The van der Waals surface area contributed by atoms with Gasteiger partial charge in [0.05, 0.1) is 11.5 Å². The molecule has 0 amide bonds. The Kier molecular flexibility index (Phi) is 5.63. The Morgan fingerprint density at radius 1 is 1.59 bits per heavy atom. The standard InChI is InChI=1S/C11H15IN2O3/c1-8(7-17-2)6-13-11-4-3-9(14(15)16)5-10(11)12/h3-5,8,13H,6-7H2,1-2H3. The van der Waals surface area contributed by atoms with E-state index in [1.165, 1.54) is 6.07 Å². The zero-order chi connectivity index (χ0) is 12.8. The molecule has 17 heavy (non-hydrogen) atoms. The predicted octanol–water partition coefficient (Wildman–Crippen LogP) is 2.89. The smallest absolute Gasteiger partial charge is 0.270 e. The summed E-state index contributed by atoms with van der Waals surface area (Å²) in [5.41, 5.74) is 1.03. The summed E-state index contributed by atoms with van der Waals surface area (Å²) in [4.78, 5) is 10.2. The van der Waals surface area contributed by atoms with E-state index in [0.717, 1.165) is 15.8 Å². The molecule has 1 unspecified atom stereocenters. The number of halogens is 1. The van der Waals surface area contributed by atoms with Gasteiger partial charge < -0.3 is 10.1 Å². The summed E-state index contributed by atoms with van der Waals surface area (Å²) >= 11 is 2.09. The normalized spacial score (nSPS) is 12.2. The van der Waals surface area contributed by atoms with Gasteiger partial charge in [-0.1, -0.05) is 6.92 Å². The first-order chi connectivity index (χ1) is 8.04. The number of methoxy groups -OCH3 is 1. The molecule has 1 aromatic carbocycles. The van der Waals surface area contributed by atoms with E-state index in [1.807, 2.05) is 0 Å². The Hall–Kier alpha value is -0.890. The van der Waals surface area contributed by atoms with Crippen LogP contribution in [0.25, 0.3) is 0 Å². The van der Waals surface area contributed by atoms with E-state index in [9.17, 15) is 10.1 Å². The van der Waals surface area contributed by atoms with Crippen molar-refractivity contribution < 1.29 is 9.66 Å². The number of nitrogens with zero attached hydrogens (tertiary/aromatic N) is 1. The molecule has 1 rings (SSSR count). The SMILES string of the molecule is COCC(C)CNc1ccc([N+](=O)[O-])cc1I. The van der Waals surface area contributed by atoms with E-state index in [-0.39, 0.29) is 10.6 Å². The number of rotatable bonds is 6. The van der Waals surface area contributed by atoms with Crippen LogP contribution in [0.3, 0.4) is 0 Å². The van der Waals surface area contributed by atoms with E-state index in [4.69, 9.17) is 4.74 Å². The molecule has 0 saturated heterocycles. The molecule has 0 aliphatic rings. The zero-order valence-electron chi connectivity index (χ0n) is 9.77. The fraction of sp³-hybridized carbons (Fsp3) is 0.455. The van der Waals surface area contributed by atoms with E-state index >= 15 is 0 Å². The summed E-state index contributed by atoms with van der Waals surface area (Å²) in [6.45, 7) is 3.55. The minimum absolute atomic E-state index is 0.116. The Labute approximate surface area is 114 Å². The summed E-state index contributed by atoms with van der Waals surface area (Å²) in [6.07, 6.45) is 0. The molecule has 0 spiro atoms. The van der Waals surface area contributed by atoms with E-state index < -0.39 is 0 Å². The summed E-state index contributed by atoms with van der Waals surface area (Å²) in [5, 5.41) is 13.8. The predicted molar refractivity (Wildman–Crippen MR) is 75.3 cm³/mol.